The lowest BCUT2D eigenvalue weighted by Crippen LogP contribution is -2.25. The third-order valence-corrected chi connectivity index (χ3v) is 1.89. The van der Waals surface area contributed by atoms with Crippen molar-refractivity contribution in [1.29, 1.82) is 0 Å². The third kappa shape index (κ3) is 6.28. The van der Waals surface area contributed by atoms with Gasteiger partial charge in [0, 0.05) is 0 Å². The summed E-state index contributed by atoms with van der Waals surface area (Å²) in [5, 5.41) is 0. The summed E-state index contributed by atoms with van der Waals surface area (Å²) in [6.07, 6.45) is 2.00. The van der Waals surface area contributed by atoms with E-state index in [1.807, 2.05) is 6.08 Å². The molecular weight excluding hydrogens is 168 g/mol. The molecule has 0 rings (SSSR count). The van der Waals surface area contributed by atoms with Gasteiger partial charge in [0.1, 0.15) is 0 Å². The van der Waals surface area contributed by atoms with Crippen LogP contribution in [0.5, 0.6) is 0 Å². The largest absolute Gasteiger partial charge is 0.520 e. The number of rotatable bonds is 4. The van der Waals surface area contributed by atoms with E-state index in [0.717, 1.165) is 0 Å². The van der Waals surface area contributed by atoms with Crippen molar-refractivity contribution < 1.29 is 9.16 Å². The van der Waals surface area contributed by atoms with Crippen LogP contribution < -0.4 is 0 Å². The first-order valence-corrected chi connectivity index (χ1v) is 7.71. The highest BCUT2D eigenvalue weighted by atomic mass is 28.4. The highest BCUT2D eigenvalue weighted by molar-refractivity contribution is 6.69. The lowest BCUT2D eigenvalue weighted by atomic mass is 10.2. The SMILES string of the molecule is COC(=CC(C)C)O[Si](C)(C)C. The second-order valence-electron chi connectivity index (χ2n) is 4.15. The molecule has 12 heavy (non-hydrogen) atoms. The maximum atomic E-state index is 5.68. The molecule has 0 N–H and O–H groups in total. The van der Waals surface area contributed by atoms with E-state index >= 15 is 0 Å². The Morgan fingerprint density at radius 1 is 1.25 bits per heavy atom. The van der Waals surface area contributed by atoms with Gasteiger partial charge in [-0.1, -0.05) is 13.8 Å². The van der Waals surface area contributed by atoms with Crippen LogP contribution in [0, 0.1) is 5.92 Å². The molecule has 0 heterocycles. The summed E-state index contributed by atoms with van der Waals surface area (Å²) in [4.78, 5) is 0. The highest BCUT2D eigenvalue weighted by Crippen LogP contribution is 2.12. The Hall–Kier alpha value is -0.443. The fourth-order valence-electron chi connectivity index (χ4n) is 0.718. The Kier molecular flexibility index (Phi) is 4.38. The predicted molar refractivity (Wildman–Crippen MR) is 54.4 cm³/mol. The van der Waals surface area contributed by atoms with Gasteiger partial charge >= 0.3 is 0 Å². The highest BCUT2D eigenvalue weighted by Gasteiger charge is 2.18. The van der Waals surface area contributed by atoms with Crippen LogP contribution in [0.25, 0.3) is 0 Å². The van der Waals surface area contributed by atoms with E-state index in [2.05, 4.69) is 33.5 Å². The van der Waals surface area contributed by atoms with Crippen LogP contribution in [0.1, 0.15) is 13.8 Å². The van der Waals surface area contributed by atoms with E-state index in [1.54, 1.807) is 7.11 Å². The smallest absolute Gasteiger partial charge is 0.261 e. The average molecular weight is 188 g/mol. The molecule has 0 aromatic heterocycles. The van der Waals surface area contributed by atoms with Gasteiger partial charge in [0.25, 0.3) is 5.95 Å². The molecule has 0 spiro atoms. The molecule has 2 nitrogen and oxygen atoms in total. The van der Waals surface area contributed by atoms with E-state index in [0.29, 0.717) is 11.9 Å². The van der Waals surface area contributed by atoms with Crippen molar-refractivity contribution in [2.75, 3.05) is 7.11 Å². The number of hydrogen-bond donors (Lipinski definition) is 0. The molecule has 72 valence electrons. The van der Waals surface area contributed by atoms with Crippen LogP contribution in [0.3, 0.4) is 0 Å². The molecule has 0 aliphatic heterocycles. The van der Waals surface area contributed by atoms with Crippen molar-refractivity contribution >= 4 is 8.32 Å². The molecule has 0 radical (unpaired) electrons. The molecule has 3 heteroatoms. The maximum Gasteiger partial charge on any atom is 0.261 e. The fourth-order valence-corrected chi connectivity index (χ4v) is 1.47. The summed E-state index contributed by atoms with van der Waals surface area (Å²) >= 11 is 0. The van der Waals surface area contributed by atoms with Gasteiger partial charge in [0.05, 0.1) is 7.11 Å². The molecule has 0 amide bonds. The van der Waals surface area contributed by atoms with E-state index in [-0.39, 0.29) is 0 Å². The normalized spacial score (nSPS) is 13.4. The van der Waals surface area contributed by atoms with E-state index < -0.39 is 8.32 Å². The molecule has 0 atom stereocenters. The van der Waals surface area contributed by atoms with Crippen molar-refractivity contribution in [3.8, 4) is 0 Å². The van der Waals surface area contributed by atoms with Gasteiger partial charge in [-0.15, -0.1) is 0 Å². The minimum Gasteiger partial charge on any atom is -0.520 e. The summed E-state index contributed by atoms with van der Waals surface area (Å²) in [7, 11) is 0.146. The van der Waals surface area contributed by atoms with Gasteiger partial charge in [-0.25, -0.2) is 0 Å². The zero-order valence-corrected chi connectivity index (χ0v) is 9.97. The van der Waals surface area contributed by atoms with E-state index in [9.17, 15) is 0 Å². The van der Waals surface area contributed by atoms with Gasteiger partial charge in [0.15, 0.2) is 0 Å². The van der Waals surface area contributed by atoms with Gasteiger partial charge < -0.3 is 9.16 Å². The topological polar surface area (TPSA) is 18.5 Å². The fraction of sp³-hybridized carbons (Fsp3) is 0.778. The summed E-state index contributed by atoms with van der Waals surface area (Å²) < 4.78 is 10.8. The lowest BCUT2D eigenvalue weighted by molar-refractivity contribution is 0.144. The van der Waals surface area contributed by atoms with Crippen LogP contribution in [-0.2, 0) is 9.16 Å². The lowest BCUT2D eigenvalue weighted by Gasteiger charge is -2.20. The van der Waals surface area contributed by atoms with Crippen LogP contribution in [0.2, 0.25) is 19.6 Å². The second-order valence-corrected chi connectivity index (χ2v) is 8.58. The Balaban J connectivity index is 4.18. The second kappa shape index (κ2) is 4.55. The monoisotopic (exact) mass is 188 g/mol. The van der Waals surface area contributed by atoms with Crippen LogP contribution in [0.15, 0.2) is 12.0 Å². The Morgan fingerprint density at radius 2 is 1.75 bits per heavy atom. The number of methoxy groups -OCH3 is 1. The molecule has 0 aromatic carbocycles. The zero-order valence-electron chi connectivity index (χ0n) is 8.97. The number of hydrogen-bond acceptors (Lipinski definition) is 2. The minimum atomic E-state index is -1.50. The van der Waals surface area contributed by atoms with Crippen molar-refractivity contribution in [2.24, 2.45) is 5.92 Å². The molecule has 0 saturated carbocycles. The molecule has 0 aromatic rings. The average Bonchev–Trinajstić information content (AvgIpc) is 1.82. The van der Waals surface area contributed by atoms with Crippen LogP contribution in [0.4, 0.5) is 0 Å². The van der Waals surface area contributed by atoms with Gasteiger partial charge in [-0.05, 0) is 31.6 Å². The van der Waals surface area contributed by atoms with Crippen molar-refractivity contribution in [3.63, 3.8) is 0 Å². The Morgan fingerprint density at radius 3 is 2.00 bits per heavy atom. The van der Waals surface area contributed by atoms with Gasteiger partial charge in [-0.3, -0.25) is 0 Å². The quantitative estimate of drug-likeness (QED) is 0.499. The van der Waals surface area contributed by atoms with Crippen LogP contribution >= 0.6 is 0 Å². The summed E-state index contributed by atoms with van der Waals surface area (Å²) in [6, 6.07) is 0. The molecule has 0 aliphatic rings. The zero-order chi connectivity index (χ0) is 9.78. The van der Waals surface area contributed by atoms with Crippen LogP contribution in [-0.4, -0.2) is 15.4 Å². The first kappa shape index (κ1) is 11.6. The van der Waals surface area contributed by atoms with Crippen molar-refractivity contribution in [3.05, 3.63) is 12.0 Å². The molecule has 0 bridgehead atoms. The maximum absolute atomic E-state index is 5.68. The number of ether oxygens (including phenoxy) is 1. The molecule has 0 aliphatic carbocycles. The van der Waals surface area contributed by atoms with Crippen molar-refractivity contribution in [2.45, 2.75) is 33.5 Å². The van der Waals surface area contributed by atoms with E-state index in [4.69, 9.17) is 9.16 Å². The van der Waals surface area contributed by atoms with Gasteiger partial charge in [0.2, 0.25) is 8.32 Å². The first-order valence-electron chi connectivity index (χ1n) is 4.30. The standard InChI is InChI=1S/C9H20O2Si/c1-8(2)7-9(10-3)11-12(4,5)6/h7-8H,1-6H3. The number of allylic oxidation sites excluding steroid dienone is 1. The van der Waals surface area contributed by atoms with Gasteiger partial charge in [-0.2, -0.15) is 0 Å². The molecular formula is C9H20O2Si. The molecule has 0 saturated heterocycles. The van der Waals surface area contributed by atoms with E-state index in [1.165, 1.54) is 0 Å². The summed E-state index contributed by atoms with van der Waals surface area (Å²) in [5.41, 5.74) is 0. The predicted octanol–water partition coefficient (Wildman–Crippen LogP) is 2.98. The summed E-state index contributed by atoms with van der Waals surface area (Å²) in [5.74, 6) is 1.14. The third-order valence-electron chi connectivity index (χ3n) is 1.08. The van der Waals surface area contributed by atoms with Crippen molar-refractivity contribution in [1.82, 2.24) is 0 Å². The Bertz CT molecular complexity index is 156. The molecule has 0 unspecified atom stereocenters. The summed E-state index contributed by atoms with van der Waals surface area (Å²) in [6.45, 7) is 10.6. The first-order chi connectivity index (χ1) is 5.35. The molecule has 0 fully saturated rings. The Labute approximate surface area is 76.7 Å². The minimum absolute atomic E-state index is 0.469.